The first-order valence-corrected chi connectivity index (χ1v) is 11.4. The van der Waals surface area contributed by atoms with Gasteiger partial charge >= 0.3 is 0 Å². The molecule has 0 bridgehead atoms. The molecule has 33 heavy (non-hydrogen) atoms. The third-order valence-corrected chi connectivity index (χ3v) is 6.16. The molecule has 0 spiro atoms. The number of ether oxygens (including phenoxy) is 2. The van der Waals surface area contributed by atoms with Gasteiger partial charge in [-0.1, -0.05) is 13.8 Å². The third-order valence-electron chi connectivity index (χ3n) is 5.27. The lowest BCUT2D eigenvalue weighted by molar-refractivity contribution is 0.306. The first-order valence-electron chi connectivity index (χ1n) is 10.6. The lowest BCUT2D eigenvalue weighted by Crippen LogP contribution is -1.97. The molecular formula is C26H24FN3O2S. The maximum atomic E-state index is 14.1. The summed E-state index contributed by atoms with van der Waals surface area (Å²) < 4.78 is 27.6. The Bertz CT molecular complexity index is 1320. The van der Waals surface area contributed by atoms with E-state index in [9.17, 15) is 9.65 Å². The maximum Gasteiger partial charge on any atom is 0.134 e. The van der Waals surface area contributed by atoms with E-state index in [4.69, 9.17) is 9.47 Å². The lowest BCUT2D eigenvalue weighted by Gasteiger charge is -2.11. The number of aromatic nitrogens is 2. The van der Waals surface area contributed by atoms with Crippen LogP contribution in [0.3, 0.4) is 0 Å². The Kier molecular flexibility index (Phi) is 6.47. The molecule has 0 saturated heterocycles. The van der Waals surface area contributed by atoms with Gasteiger partial charge in [0.15, 0.2) is 0 Å². The standard InChI is InChI=1S/C26H24FN3O2S/c1-16(2)25-14-30(26(12-28)17(25)3)20-5-7-21(8-6-20)32-23-10-19(27)9-22(11-23)31-15-24-13-29-18(4)33-24/h5-11,13-14,16H,15H2,1-4H3. The quantitative estimate of drug-likeness (QED) is 0.296. The molecule has 2 aromatic heterocycles. The first kappa shape index (κ1) is 22.6. The van der Waals surface area contributed by atoms with Gasteiger partial charge in [-0.05, 0) is 55.2 Å². The minimum atomic E-state index is -0.442. The Hall–Kier alpha value is -3.63. The van der Waals surface area contributed by atoms with Crippen molar-refractivity contribution in [1.29, 1.82) is 5.26 Å². The van der Waals surface area contributed by atoms with Crippen LogP contribution in [0.15, 0.2) is 54.9 Å². The van der Waals surface area contributed by atoms with Crippen molar-refractivity contribution in [3.05, 3.63) is 87.4 Å². The third kappa shape index (κ3) is 5.07. The summed E-state index contributed by atoms with van der Waals surface area (Å²) in [6, 6.07) is 14.0. The van der Waals surface area contributed by atoms with E-state index >= 15 is 0 Å². The second-order valence-corrected chi connectivity index (χ2v) is 9.37. The number of halogens is 1. The van der Waals surface area contributed by atoms with E-state index in [-0.39, 0.29) is 0 Å². The van der Waals surface area contributed by atoms with Crippen LogP contribution in [-0.2, 0) is 6.61 Å². The second-order valence-electron chi connectivity index (χ2n) is 8.05. The van der Waals surface area contributed by atoms with Gasteiger partial charge in [0, 0.05) is 36.3 Å². The van der Waals surface area contributed by atoms with Crippen LogP contribution in [0.5, 0.6) is 17.2 Å². The summed E-state index contributed by atoms with van der Waals surface area (Å²) in [5, 5.41) is 10.6. The number of nitriles is 1. The highest BCUT2D eigenvalue weighted by Crippen LogP contribution is 2.30. The molecule has 4 aromatic rings. The van der Waals surface area contributed by atoms with Gasteiger partial charge in [-0.3, -0.25) is 0 Å². The van der Waals surface area contributed by atoms with Crippen LogP contribution in [0, 0.1) is 31.0 Å². The van der Waals surface area contributed by atoms with Crippen LogP contribution in [0.4, 0.5) is 4.39 Å². The van der Waals surface area contributed by atoms with Gasteiger partial charge in [-0.2, -0.15) is 5.26 Å². The molecule has 5 nitrogen and oxygen atoms in total. The molecule has 0 amide bonds. The summed E-state index contributed by atoms with van der Waals surface area (Å²) in [5.74, 6) is 1.16. The van der Waals surface area contributed by atoms with Gasteiger partial charge in [-0.25, -0.2) is 9.37 Å². The molecular weight excluding hydrogens is 437 g/mol. The Morgan fingerprint density at radius 2 is 1.82 bits per heavy atom. The molecule has 0 unspecified atom stereocenters. The number of rotatable bonds is 7. The Morgan fingerprint density at radius 3 is 2.45 bits per heavy atom. The number of aryl methyl sites for hydroxylation is 1. The molecule has 0 radical (unpaired) electrons. The normalized spacial score (nSPS) is 10.9. The fourth-order valence-corrected chi connectivity index (χ4v) is 4.37. The molecule has 2 heterocycles. The van der Waals surface area contributed by atoms with Gasteiger partial charge < -0.3 is 14.0 Å². The van der Waals surface area contributed by atoms with Crippen molar-refractivity contribution < 1.29 is 13.9 Å². The number of hydrogen-bond donors (Lipinski definition) is 0. The number of nitrogens with zero attached hydrogens (tertiary/aromatic N) is 3. The smallest absolute Gasteiger partial charge is 0.134 e. The van der Waals surface area contributed by atoms with Crippen LogP contribution in [0.1, 0.15) is 46.5 Å². The topological polar surface area (TPSA) is 60.1 Å². The fraction of sp³-hybridized carbons (Fsp3) is 0.231. The molecule has 7 heteroatoms. The van der Waals surface area contributed by atoms with Gasteiger partial charge in [-0.15, -0.1) is 11.3 Å². The largest absolute Gasteiger partial charge is 0.488 e. The highest BCUT2D eigenvalue weighted by atomic mass is 32.1. The summed E-state index contributed by atoms with van der Waals surface area (Å²) in [7, 11) is 0. The molecule has 168 valence electrons. The van der Waals surface area contributed by atoms with Crippen molar-refractivity contribution in [1.82, 2.24) is 9.55 Å². The highest BCUT2D eigenvalue weighted by Gasteiger charge is 2.15. The van der Waals surface area contributed by atoms with Gasteiger partial charge in [0.05, 0.1) is 9.88 Å². The molecule has 0 aliphatic carbocycles. The van der Waals surface area contributed by atoms with Crippen molar-refractivity contribution >= 4 is 11.3 Å². The minimum Gasteiger partial charge on any atom is -0.488 e. The molecule has 0 N–H and O–H groups in total. The van der Waals surface area contributed by atoms with E-state index in [0.29, 0.717) is 35.5 Å². The Balaban J connectivity index is 1.51. The van der Waals surface area contributed by atoms with Crippen LogP contribution in [0.25, 0.3) is 5.69 Å². The maximum absolute atomic E-state index is 14.1. The molecule has 4 rings (SSSR count). The molecule has 0 atom stereocenters. The summed E-state index contributed by atoms with van der Waals surface area (Å²) >= 11 is 1.54. The molecule has 0 aliphatic heterocycles. The van der Waals surface area contributed by atoms with Crippen LogP contribution >= 0.6 is 11.3 Å². The van der Waals surface area contributed by atoms with Gasteiger partial charge in [0.25, 0.3) is 0 Å². The minimum absolute atomic E-state index is 0.318. The fourth-order valence-electron chi connectivity index (χ4n) is 3.66. The van der Waals surface area contributed by atoms with Crippen molar-refractivity contribution in [3.63, 3.8) is 0 Å². The zero-order chi connectivity index (χ0) is 23.5. The summed E-state index contributed by atoms with van der Waals surface area (Å²) in [6.45, 7) is 8.44. The zero-order valence-corrected chi connectivity index (χ0v) is 19.7. The Morgan fingerprint density at radius 1 is 1.09 bits per heavy atom. The summed E-state index contributed by atoms with van der Waals surface area (Å²) in [6.07, 6.45) is 3.77. The van der Waals surface area contributed by atoms with Crippen LogP contribution < -0.4 is 9.47 Å². The monoisotopic (exact) mass is 461 g/mol. The molecule has 0 saturated carbocycles. The highest BCUT2D eigenvalue weighted by molar-refractivity contribution is 7.11. The van der Waals surface area contributed by atoms with Crippen molar-refractivity contribution in [2.75, 3.05) is 0 Å². The molecule has 0 fully saturated rings. The second kappa shape index (κ2) is 9.47. The number of thiazole rings is 1. The lowest BCUT2D eigenvalue weighted by atomic mass is 10.0. The van der Waals surface area contributed by atoms with Crippen molar-refractivity contribution in [3.8, 4) is 29.0 Å². The van der Waals surface area contributed by atoms with Gasteiger partial charge in [0.1, 0.15) is 41.4 Å². The van der Waals surface area contributed by atoms with E-state index in [1.165, 1.54) is 12.1 Å². The predicted octanol–water partition coefficient (Wildman–Crippen LogP) is 7.06. The SMILES string of the molecule is Cc1ncc(COc2cc(F)cc(Oc3ccc(-n4cc(C(C)C)c(C)c4C#N)cc3)c2)s1. The Labute approximate surface area is 196 Å². The van der Waals surface area contributed by atoms with Crippen LogP contribution in [-0.4, -0.2) is 9.55 Å². The molecule has 2 aromatic carbocycles. The van der Waals surface area contributed by atoms with E-state index in [2.05, 4.69) is 24.9 Å². The first-order chi connectivity index (χ1) is 15.8. The van der Waals surface area contributed by atoms with E-state index in [1.54, 1.807) is 35.7 Å². The number of hydrogen-bond acceptors (Lipinski definition) is 5. The average molecular weight is 462 g/mol. The van der Waals surface area contributed by atoms with E-state index < -0.39 is 5.82 Å². The molecule has 0 aliphatic rings. The number of benzene rings is 2. The average Bonchev–Trinajstić information content (AvgIpc) is 3.35. The van der Waals surface area contributed by atoms with E-state index in [0.717, 1.165) is 26.7 Å². The van der Waals surface area contributed by atoms with E-state index in [1.807, 2.05) is 36.7 Å². The van der Waals surface area contributed by atoms with Gasteiger partial charge in [0.2, 0.25) is 0 Å². The predicted molar refractivity (Wildman–Crippen MR) is 127 cm³/mol. The summed E-state index contributed by atoms with van der Waals surface area (Å²) in [5.41, 5.74) is 3.62. The van der Waals surface area contributed by atoms with Crippen molar-refractivity contribution in [2.45, 2.75) is 40.2 Å². The summed E-state index contributed by atoms with van der Waals surface area (Å²) in [4.78, 5) is 5.16. The zero-order valence-electron chi connectivity index (χ0n) is 18.9. The van der Waals surface area contributed by atoms with Crippen molar-refractivity contribution in [2.24, 2.45) is 0 Å². The van der Waals surface area contributed by atoms with Crippen LogP contribution in [0.2, 0.25) is 0 Å².